The van der Waals surface area contributed by atoms with Crippen molar-refractivity contribution in [2.24, 2.45) is 5.92 Å². The van der Waals surface area contributed by atoms with Crippen molar-refractivity contribution in [3.05, 3.63) is 52.7 Å². The van der Waals surface area contributed by atoms with Gasteiger partial charge in [-0.2, -0.15) is 5.10 Å². The van der Waals surface area contributed by atoms with Gasteiger partial charge in [-0.25, -0.2) is 4.98 Å². The third-order valence-corrected chi connectivity index (χ3v) is 5.71. The highest BCUT2D eigenvalue weighted by Crippen LogP contribution is 2.30. The molecular weight excluding hydrogens is 352 g/mol. The summed E-state index contributed by atoms with van der Waals surface area (Å²) in [5.41, 5.74) is 2.91. The molecule has 0 N–H and O–H groups in total. The lowest BCUT2D eigenvalue weighted by Crippen LogP contribution is -2.46. The molecule has 5 rings (SSSR count). The van der Waals surface area contributed by atoms with Gasteiger partial charge in [0, 0.05) is 38.4 Å². The van der Waals surface area contributed by atoms with Gasteiger partial charge in [0.05, 0.1) is 22.9 Å². The molecule has 1 aliphatic heterocycles. The summed E-state index contributed by atoms with van der Waals surface area (Å²) in [5.74, 6) is 1.59. The van der Waals surface area contributed by atoms with E-state index in [2.05, 4.69) is 25.0 Å². The molecule has 3 heterocycles. The summed E-state index contributed by atoms with van der Waals surface area (Å²) in [6, 6.07) is 10.1. The second-order valence-electron chi connectivity index (χ2n) is 7.85. The molecule has 7 heteroatoms. The van der Waals surface area contributed by atoms with Crippen molar-refractivity contribution in [1.29, 1.82) is 0 Å². The van der Waals surface area contributed by atoms with Gasteiger partial charge in [0.25, 0.3) is 5.56 Å². The molecule has 1 aliphatic carbocycles. The first-order valence-corrected chi connectivity index (χ1v) is 9.97. The molecule has 144 valence electrons. The minimum absolute atomic E-state index is 0.0752. The number of fused-ring (bicyclic) bond motifs is 1. The van der Waals surface area contributed by atoms with Gasteiger partial charge in [-0.1, -0.05) is 0 Å². The van der Waals surface area contributed by atoms with Crippen LogP contribution in [0.1, 0.15) is 18.5 Å². The van der Waals surface area contributed by atoms with Crippen LogP contribution in [0, 0.1) is 12.8 Å². The van der Waals surface area contributed by atoms with Crippen LogP contribution < -0.4 is 15.4 Å². The fourth-order valence-corrected chi connectivity index (χ4v) is 3.81. The van der Waals surface area contributed by atoms with E-state index in [1.54, 1.807) is 10.9 Å². The SMILES string of the molecule is Cc1ccc(N2CCN(c3ccc4c(=O)n(CC5CC5)cnc4c3)CC2)nn1. The van der Waals surface area contributed by atoms with Crippen LogP contribution in [0.2, 0.25) is 0 Å². The Morgan fingerprint density at radius 1 is 1.00 bits per heavy atom. The van der Waals surface area contributed by atoms with Crippen molar-refractivity contribution >= 4 is 22.4 Å². The van der Waals surface area contributed by atoms with Crippen molar-refractivity contribution in [1.82, 2.24) is 19.7 Å². The highest BCUT2D eigenvalue weighted by molar-refractivity contribution is 5.81. The van der Waals surface area contributed by atoms with Crippen molar-refractivity contribution < 1.29 is 0 Å². The third-order valence-electron chi connectivity index (χ3n) is 5.71. The van der Waals surface area contributed by atoms with Gasteiger partial charge in [0.15, 0.2) is 5.82 Å². The maximum atomic E-state index is 12.7. The fourth-order valence-electron chi connectivity index (χ4n) is 3.81. The molecule has 0 atom stereocenters. The molecule has 1 aromatic carbocycles. The second-order valence-corrected chi connectivity index (χ2v) is 7.85. The molecule has 3 aromatic rings. The number of piperazine rings is 1. The molecule has 1 saturated carbocycles. The molecule has 2 fully saturated rings. The standard InChI is InChI=1S/C21H24N6O/c1-15-2-7-20(24-23-15)26-10-8-25(9-11-26)17-5-6-18-19(12-17)22-14-27(21(18)28)13-16-3-4-16/h2,5-7,12,14,16H,3-4,8-11,13H2,1H3. The lowest BCUT2D eigenvalue weighted by molar-refractivity contribution is 0.602. The van der Waals surface area contributed by atoms with E-state index in [-0.39, 0.29) is 5.56 Å². The van der Waals surface area contributed by atoms with Crippen LogP contribution in [0.3, 0.4) is 0 Å². The molecule has 0 radical (unpaired) electrons. The Balaban J connectivity index is 1.32. The molecule has 0 unspecified atom stereocenters. The first-order chi connectivity index (χ1) is 13.7. The Kier molecular flexibility index (Phi) is 4.22. The van der Waals surface area contributed by atoms with Gasteiger partial charge < -0.3 is 9.80 Å². The summed E-state index contributed by atoms with van der Waals surface area (Å²) in [6.07, 6.45) is 4.16. The van der Waals surface area contributed by atoms with Crippen molar-refractivity contribution in [3.8, 4) is 0 Å². The summed E-state index contributed by atoms with van der Waals surface area (Å²) in [6.45, 7) is 6.34. The summed E-state index contributed by atoms with van der Waals surface area (Å²) in [7, 11) is 0. The predicted molar refractivity (Wildman–Crippen MR) is 110 cm³/mol. The van der Waals surface area contributed by atoms with Gasteiger partial charge in [-0.05, 0) is 56.0 Å². The summed E-state index contributed by atoms with van der Waals surface area (Å²) < 4.78 is 1.76. The predicted octanol–water partition coefficient (Wildman–Crippen LogP) is 2.23. The first kappa shape index (κ1) is 17.2. The molecule has 28 heavy (non-hydrogen) atoms. The lowest BCUT2D eigenvalue weighted by Gasteiger charge is -2.36. The smallest absolute Gasteiger partial charge is 0.261 e. The maximum Gasteiger partial charge on any atom is 0.261 e. The van der Waals surface area contributed by atoms with Gasteiger partial charge in [-0.15, -0.1) is 5.10 Å². The minimum Gasteiger partial charge on any atom is -0.368 e. The zero-order valence-corrected chi connectivity index (χ0v) is 16.1. The van der Waals surface area contributed by atoms with E-state index in [0.717, 1.165) is 55.4 Å². The fraction of sp³-hybridized carbons (Fsp3) is 0.429. The van der Waals surface area contributed by atoms with E-state index in [4.69, 9.17) is 0 Å². The van der Waals surface area contributed by atoms with Gasteiger partial charge in [-0.3, -0.25) is 9.36 Å². The van der Waals surface area contributed by atoms with Crippen LogP contribution in [0.5, 0.6) is 0 Å². The molecule has 2 aromatic heterocycles. The number of aryl methyl sites for hydroxylation is 1. The largest absolute Gasteiger partial charge is 0.368 e. The quantitative estimate of drug-likeness (QED) is 0.696. The van der Waals surface area contributed by atoms with E-state index in [9.17, 15) is 4.79 Å². The van der Waals surface area contributed by atoms with Crippen molar-refractivity contribution in [2.45, 2.75) is 26.3 Å². The lowest BCUT2D eigenvalue weighted by atomic mass is 10.2. The molecule has 2 aliphatic rings. The normalized spacial score (nSPS) is 17.3. The van der Waals surface area contributed by atoms with Gasteiger partial charge in [0.2, 0.25) is 0 Å². The zero-order valence-electron chi connectivity index (χ0n) is 16.1. The van der Waals surface area contributed by atoms with E-state index < -0.39 is 0 Å². The molecular formula is C21H24N6O. The number of nitrogens with zero attached hydrogens (tertiary/aromatic N) is 6. The highest BCUT2D eigenvalue weighted by atomic mass is 16.1. The number of aromatic nitrogens is 4. The van der Waals surface area contributed by atoms with Gasteiger partial charge >= 0.3 is 0 Å². The zero-order chi connectivity index (χ0) is 19.1. The van der Waals surface area contributed by atoms with E-state index in [0.29, 0.717) is 11.3 Å². The van der Waals surface area contributed by atoms with Crippen LogP contribution in [0.15, 0.2) is 41.5 Å². The minimum atomic E-state index is 0.0752. The highest BCUT2D eigenvalue weighted by Gasteiger charge is 2.23. The summed E-state index contributed by atoms with van der Waals surface area (Å²) in [5, 5.41) is 9.16. The van der Waals surface area contributed by atoms with E-state index in [1.165, 1.54) is 12.8 Å². The molecule has 0 bridgehead atoms. The van der Waals surface area contributed by atoms with Gasteiger partial charge in [0.1, 0.15) is 0 Å². The van der Waals surface area contributed by atoms with E-state index >= 15 is 0 Å². The number of benzene rings is 1. The average Bonchev–Trinajstić information content (AvgIpc) is 3.55. The Labute approximate surface area is 163 Å². The van der Waals surface area contributed by atoms with Crippen LogP contribution >= 0.6 is 0 Å². The Hall–Kier alpha value is -2.96. The van der Waals surface area contributed by atoms with Crippen LogP contribution in [0.25, 0.3) is 10.9 Å². The summed E-state index contributed by atoms with van der Waals surface area (Å²) >= 11 is 0. The van der Waals surface area contributed by atoms with Crippen LogP contribution in [-0.4, -0.2) is 45.9 Å². The van der Waals surface area contributed by atoms with E-state index in [1.807, 2.05) is 37.3 Å². The third kappa shape index (κ3) is 3.32. The molecule has 1 saturated heterocycles. The molecule has 7 nitrogen and oxygen atoms in total. The number of hydrogen-bond donors (Lipinski definition) is 0. The molecule has 0 spiro atoms. The Bertz CT molecular complexity index is 1050. The Morgan fingerprint density at radius 2 is 1.79 bits per heavy atom. The van der Waals surface area contributed by atoms with Crippen LogP contribution in [0.4, 0.5) is 11.5 Å². The monoisotopic (exact) mass is 376 g/mol. The average molecular weight is 376 g/mol. The van der Waals surface area contributed by atoms with Crippen molar-refractivity contribution in [2.75, 3.05) is 36.0 Å². The second kappa shape index (κ2) is 6.89. The summed E-state index contributed by atoms with van der Waals surface area (Å²) in [4.78, 5) is 21.9. The number of rotatable bonds is 4. The van der Waals surface area contributed by atoms with Crippen molar-refractivity contribution in [3.63, 3.8) is 0 Å². The maximum absolute atomic E-state index is 12.7. The number of hydrogen-bond acceptors (Lipinski definition) is 6. The number of anilines is 2. The van der Waals surface area contributed by atoms with Crippen LogP contribution in [-0.2, 0) is 6.54 Å². The topological polar surface area (TPSA) is 67.2 Å². The first-order valence-electron chi connectivity index (χ1n) is 9.97. The molecule has 0 amide bonds. The Morgan fingerprint density at radius 3 is 2.50 bits per heavy atom.